The lowest BCUT2D eigenvalue weighted by atomic mass is 10.0. The number of aryl methyl sites for hydroxylation is 1. The first kappa shape index (κ1) is 27.4. The van der Waals surface area contributed by atoms with Crippen LogP contribution in [-0.4, -0.2) is 58.4 Å². The first-order chi connectivity index (χ1) is 19.0. The van der Waals surface area contributed by atoms with Gasteiger partial charge in [-0.25, -0.2) is 8.42 Å². The number of sulfone groups is 1. The number of hydrogen-bond acceptors (Lipinski definition) is 6. The van der Waals surface area contributed by atoms with Crippen LogP contribution in [0.2, 0.25) is 0 Å². The van der Waals surface area contributed by atoms with Gasteiger partial charge in [-0.15, -0.1) is 10.2 Å². The predicted octanol–water partition coefficient (Wildman–Crippen LogP) is 3.94. The maximum Gasteiger partial charge on any atom is 0.416 e. The first-order valence-corrected chi connectivity index (χ1v) is 14.2. The van der Waals surface area contributed by atoms with Gasteiger partial charge in [-0.1, -0.05) is 24.1 Å². The predicted molar refractivity (Wildman–Crippen MR) is 143 cm³/mol. The van der Waals surface area contributed by atoms with E-state index in [1.807, 2.05) is 19.1 Å². The number of hydrogen-bond donors (Lipinski definition) is 1. The molecular formula is C28H24F3N5O3S. The molecule has 0 atom stereocenters. The van der Waals surface area contributed by atoms with Gasteiger partial charge in [-0.3, -0.25) is 14.1 Å². The zero-order valence-electron chi connectivity index (χ0n) is 21.4. The van der Waals surface area contributed by atoms with Crippen molar-refractivity contribution >= 4 is 27.1 Å². The third kappa shape index (κ3) is 6.16. The van der Waals surface area contributed by atoms with Crippen LogP contribution in [0.5, 0.6) is 0 Å². The number of rotatable bonds is 4. The Morgan fingerprint density at radius 1 is 1.02 bits per heavy atom. The standard InChI is InChI=1S/C28H24F3N5O3S/c1-19-5-6-21(16-20(19)8-10-26-34-33-25-4-2-3-11-36(25)26)27(37)32-23-9-7-22(24(17-23)28(29,30)31)18-35-12-14-40(38,39)15-13-35/h2-7,9,11,16-17H,12-15,18H2,1H3,(H,32,37). The molecule has 1 N–H and O–H groups in total. The number of fused-ring (bicyclic) bond motifs is 1. The smallest absolute Gasteiger partial charge is 0.322 e. The van der Waals surface area contributed by atoms with Gasteiger partial charge >= 0.3 is 6.18 Å². The number of anilines is 1. The molecule has 0 unspecified atom stereocenters. The number of alkyl halides is 3. The van der Waals surface area contributed by atoms with Gasteiger partial charge in [0, 0.05) is 42.6 Å². The Labute approximate surface area is 228 Å². The van der Waals surface area contributed by atoms with Crippen LogP contribution >= 0.6 is 0 Å². The summed E-state index contributed by atoms with van der Waals surface area (Å²) in [6.45, 7) is 2.13. The molecule has 0 spiro atoms. The van der Waals surface area contributed by atoms with E-state index in [-0.39, 0.29) is 48.0 Å². The Bertz CT molecular complexity index is 1760. The summed E-state index contributed by atoms with van der Waals surface area (Å²) in [7, 11) is -3.15. The van der Waals surface area contributed by atoms with E-state index >= 15 is 0 Å². The van der Waals surface area contributed by atoms with Crippen LogP contribution in [0.4, 0.5) is 18.9 Å². The van der Waals surface area contributed by atoms with E-state index < -0.39 is 27.5 Å². The van der Waals surface area contributed by atoms with Gasteiger partial charge in [0.1, 0.15) is 0 Å². The van der Waals surface area contributed by atoms with Gasteiger partial charge in [0.25, 0.3) is 5.91 Å². The third-order valence-electron chi connectivity index (χ3n) is 6.63. The van der Waals surface area contributed by atoms with E-state index in [0.29, 0.717) is 17.0 Å². The van der Waals surface area contributed by atoms with Gasteiger partial charge in [0.2, 0.25) is 5.82 Å². The Hall–Kier alpha value is -4.21. The highest BCUT2D eigenvalue weighted by Crippen LogP contribution is 2.35. The molecule has 5 rings (SSSR count). The highest BCUT2D eigenvalue weighted by Gasteiger charge is 2.34. The largest absolute Gasteiger partial charge is 0.416 e. The molecule has 1 aliphatic rings. The summed E-state index contributed by atoms with van der Waals surface area (Å²) < 4.78 is 66.8. The number of nitrogens with one attached hydrogen (secondary N) is 1. The number of benzene rings is 2. The SMILES string of the molecule is Cc1ccc(C(=O)Nc2ccc(CN3CCS(=O)(=O)CC3)c(C(F)(F)F)c2)cc1C#Cc1nnc2ccccn12. The lowest BCUT2D eigenvalue weighted by Gasteiger charge is -2.27. The fraction of sp³-hybridized carbons (Fsp3) is 0.250. The molecule has 206 valence electrons. The average Bonchev–Trinajstić information content (AvgIpc) is 3.32. The maximum atomic E-state index is 13.9. The van der Waals surface area contributed by atoms with E-state index in [9.17, 15) is 26.4 Å². The lowest BCUT2D eigenvalue weighted by molar-refractivity contribution is -0.138. The molecule has 2 aromatic carbocycles. The van der Waals surface area contributed by atoms with Crippen molar-refractivity contribution in [1.29, 1.82) is 0 Å². The van der Waals surface area contributed by atoms with Gasteiger partial charge in [-0.05, 0) is 60.4 Å². The van der Waals surface area contributed by atoms with Gasteiger partial charge in [0.05, 0.1) is 17.1 Å². The monoisotopic (exact) mass is 567 g/mol. The lowest BCUT2D eigenvalue weighted by Crippen LogP contribution is -2.40. The van der Waals surface area contributed by atoms with E-state index in [0.717, 1.165) is 11.6 Å². The van der Waals surface area contributed by atoms with Crippen LogP contribution in [0.15, 0.2) is 60.8 Å². The van der Waals surface area contributed by atoms with E-state index in [4.69, 9.17) is 0 Å². The number of carbonyl (C=O) groups excluding carboxylic acids is 1. The molecular weight excluding hydrogens is 543 g/mol. The molecule has 0 radical (unpaired) electrons. The van der Waals surface area contributed by atoms with Crippen LogP contribution in [0.3, 0.4) is 0 Å². The van der Waals surface area contributed by atoms with Crippen molar-refractivity contribution in [2.24, 2.45) is 0 Å². The van der Waals surface area contributed by atoms with Crippen LogP contribution in [0.25, 0.3) is 5.65 Å². The minimum atomic E-state index is -4.66. The second kappa shape index (κ2) is 10.7. The Morgan fingerprint density at radius 2 is 1.80 bits per heavy atom. The molecule has 8 nitrogen and oxygen atoms in total. The van der Waals surface area contributed by atoms with Crippen molar-refractivity contribution in [3.05, 3.63) is 94.4 Å². The number of halogens is 3. The van der Waals surface area contributed by atoms with Crippen molar-refractivity contribution in [3.63, 3.8) is 0 Å². The fourth-order valence-electron chi connectivity index (χ4n) is 4.36. The minimum Gasteiger partial charge on any atom is -0.322 e. The number of nitrogens with zero attached hydrogens (tertiary/aromatic N) is 4. The molecule has 1 amide bonds. The molecule has 1 aliphatic heterocycles. The van der Waals surface area contributed by atoms with E-state index in [1.54, 1.807) is 39.8 Å². The zero-order chi connectivity index (χ0) is 28.5. The summed E-state index contributed by atoms with van der Waals surface area (Å²) >= 11 is 0. The number of pyridine rings is 1. The number of aromatic nitrogens is 3. The van der Waals surface area contributed by atoms with Gasteiger partial charge < -0.3 is 5.32 Å². The topological polar surface area (TPSA) is 96.7 Å². The van der Waals surface area contributed by atoms with Gasteiger partial charge in [-0.2, -0.15) is 13.2 Å². The Kier molecular flexibility index (Phi) is 7.35. The maximum absolute atomic E-state index is 13.9. The molecule has 0 saturated carbocycles. The molecule has 0 aliphatic carbocycles. The van der Waals surface area contributed by atoms with E-state index in [1.165, 1.54) is 12.1 Å². The number of carbonyl (C=O) groups is 1. The molecule has 12 heteroatoms. The fourth-order valence-corrected chi connectivity index (χ4v) is 5.63. The van der Waals surface area contributed by atoms with Crippen LogP contribution in [0.1, 0.15) is 38.4 Å². The summed E-state index contributed by atoms with van der Waals surface area (Å²) in [5, 5.41) is 10.7. The summed E-state index contributed by atoms with van der Waals surface area (Å²) in [4.78, 5) is 14.7. The molecule has 4 aromatic rings. The quantitative estimate of drug-likeness (QED) is 0.376. The zero-order valence-corrected chi connectivity index (χ0v) is 22.2. The minimum absolute atomic E-state index is 0.00886. The first-order valence-electron chi connectivity index (χ1n) is 12.4. The summed E-state index contributed by atoms with van der Waals surface area (Å²) in [5.41, 5.74) is 1.37. The summed E-state index contributed by atoms with van der Waals surface area (Å²) in [6.07, 6.45) is -2.87. The second-order valence-electron chi connectivity index (χ2n) is 9.48. The third-order valence-corrected chi connectivity index (χ3v) is 8.24. The van der Waals surface area contributed by atoms with Crippen LogP contribution in [-0.2, 0) is 22.6 Å². The molecule has 3 heterocycles. The normalized spacial score (nSPS) is 15.4. The molecule has 0 bridgehead atoms. The molecule has 40 heavy (non-hydrogen) atoms. The average molecular weight is 568 g/mol. The highest BCUT2D eigenvalue weighted by molar-refractivity contribution is 7.91. The molecule has 2 aromatic heterocycles. The number of amides is 1. The van der Waals surface area contributed by atoms with Gasteiger partial charge in [0.15, 0.2) is 15.5 Å². The Morgan fingerprint density at radius 3 is 2.55 bits per heavy atom. The Balaban J connectivity index is 1.35. The molecule has 1 saturated heterocycles. The van der Waals surface area contributed by atoms with Crippen LogP contribution in [0, 0.1) is 18.8 Å². The summed E-state index contributed by atoms with van der Waals surface area (Å²) in [6, 6.07) is 14.0. The van der Waals surface area contributed by atoms with Crippen molar-refractivity contribution in [1.82, 2.24) is 19.5 Å². The van der Waals surface area contributed by atoms with Crippen molar-refractivity contribution in [3.8, 4) is 11.8 Å². The van der Waals surface area contributed by atoms with E-state index in [2.05, 4.69) is 27.4 Å². The van der Waals surface area contributed by atoms with Crippen molar-refractivity contribution < 1.29 is 26.4 Å². The molecule has 1 fully saturated rings. The summed E-state index contributed by atoms with van der Waals surface area (Å²) in [5.74, 6) is 5.63. The highest BCUT2D eigenvalue weighted by atomic mass is 32.2. The van der Waals surface area contributed by atoms with Crippen LogP contribution < -0.4 is 5.32 Å². The van der Waals surface area contributed by atoms with Crippen molar-refractivity contribution in [2.75, 3.05) is 29.9 Å². The van der Waals surface area contributed by atoms with Crippen molar-refractivity contribution in [2.45, 2.75) is 19.6 Å². The second-order valence-corrected chi connectivity index (χ2v) is 11.8.